The van der Waals surface area contributed by atoms with E-state index >= 15 is 0 Å². The quantitative estimate of drug-likeness (QED) is 0.459. The zero-order chi connectivity index (χ0) is 15.8. The van der Waals surface area contributed by atoms with Crippen molar-refractivity contribution in [1.82, 2.24) is 0 Å². The molecule has 0 amide bonds. The van der Waals surface area contributed by atoms with Crippen LogP contribution in [0, 0.1) is 0 Å². The van der Waals surface area contributed by atoms with Gasteiger partial charge in [-0.2, -0.15) is 0 Å². The Kier molecular flexibility index (Phi) is 9.13. The second kappa shape index (κ2) is 9.12. The first-order valence-electron chi connectivity index (χ1n) is 7.36. The normalized spacial score (nSPS) is 14.8. The molecule has 0 aliphatic heterocycles. The largest absolute Gasteiger partial charge is 0.485 e. The zero-order valence-electron chi connectivity index (χ0n) is 14.3. The number of hydrogen-bond donors (Lipinski definition) is 0. The van der Waals surface area contributed by atoms with Crippen molar-refractivity contribution in [3.8, 4) is 0 Å². The maximum atomic E-state index is 6.07. The van der Waals surface area contributed by atoms with Crippen LogP contribution < -0.4 is 0 Å². The molecule has 6 heteroatoms. The maximum Gasteiger partial charge on any atom is 0.485 e. The van der Waals surface area contributed by atoms with Crippen LogP contribution in [0.2, 0.25) is 0 Å². The van der Waals surface area contributed by atoms with E-state index in [1.54, 1.807) is 0 Å². The molecule has 5 nitrogen and oxygen atoms in total. The Morgan fingerprint density at radius 2 is 1.30 bits per heavy atom. The van der Waals surface area contributed by atoms with Crippen LogP contribution in [0.1, 0.15) is 55.4 Å². The number of hydrogen-bond acceptors (Lipinski definition) is 5. The third kappa shape index (κ3) is 8.34. The minimum atomic E-state index is -2.25. The van der Waals surface area contributed by atoms with Gasteiger partial charge < -0.3 is 22.8 Å². The summed E-state index contributed by atoms with van der Waals surface area (Å²) in [6, 6.07) is 0. The molecule has 0 radical (unpaired) electrons. The molecule has 0 aromatic rings. The van der Waals surface area contributed by atoms with Crippen molar-refractivity contribution in [1.29, 1.82) is 0 Å². The van der Waals surface area contributed by atoms with Crippen LogP contribution >= 0.6 is 0 Å². The molecular formula is C14H32O5Si. The Morgan fingerprint density at radius 1 is 0.800 bits per heavy atom. The highest BCUT2D eigenvalue weighted by Gasteiger charge is 2.37. The Hall–Kier alpha value is 0.0169. The molecule has 0 aromatic heterocycles. The van der Waals surface area contributed by atoms with Gasteiger partial charge in [0, 0.05) is 19.8 Å². The summed E-state index contributed by atoms with van der Waals surface area (Å²) in [7, 11) is -2.25. The van der Waals surface area contributed by atoms with Crippen LogP contribution in [0.3, 0.4) is 0 Å². The molecule has 0 aromatic carbocycles. The standard InChI is InChI=1S/C14H32O5Si/c1-9-15-12(16-10-2)14(7,8)19-20(17-11-3)18-13(4,5)6/h12,20H,9-11H2,1-8H3. The SMILES string of the molecule is CCOC(OCC)C(C)(C)O[SiH](OCC)OC(C)(C)C. The van der Waals surface area contributed by atoms with E-state index in [1.807, 2.05) is 55.4 Å². The van der Waals surface area contributed by atoms with Gasteiger partial charge in [0.2, 0.25) is 0 Å². The third-order valence-electron chi connectivity index (χ3n) is 2.36. The molecule has 122 valence electrons. The van der Waals surface area contributed by atoms with E-state index in [2.05, 4.69) is 0 Å². The zero-order valence-corrected chi connectivity index (χ0v) is 15.5. The fraction of sp³-hybridized carbons (Fsp3) is 1.00. The summed E-state index contributed by atoms with van der Waals surface area (Å²) >= 11 is 0. The van der Waals surface area contributed by atoms with E-state index < -0.39 is 21.4 Å². The van der Waals surface area contributed by atoms with Gasteiger partial charge in [-0.25, -0.2) is 0 Å². The first-order valence-corrected chi connectivity index (χ1v) is 8.78. The molecule has 0 spiro atoms. The molecule has 1 unspecified atom stereocenters. The second-order valence-corrected chi connectivity index (χ2v) is 7.32. The van der Waals surface area contributed by atoms with Gasteiger partial charge in [-0.15, -0.1) is 0 Å². The monoisotopic (exact) mass is 308 g/mol. The lowest BCUT2D eigenvalue weighted by Crippen LogP contribution is -2.49. The van der Waals surface area contributed by atoms with Gasteiger partial charge in [-0.3, -0.25) is 0 Å². The first kappa shape index (κ1) is 20.0. The van der Waals surface area contributed by atoms with Crippen molar-refractivity contribution in [2.45, 2.75) is 72.9 Å². The van der Waals surface area contributed by atoms with Crippen LogP contribution in [0.5, 0.6) is 0 Å². The third-order valence-corrected chi connectivity index (χ3v) is 4.66. The molecule has 0 rings (SSSR count). The molecular weight excluding hydrogens is 276 g/mol. The lowest BCUT2D eigenvalue weighted by Gasteiger charge is -2.37. The summed E-state index contributed by atoms with van der Waals surface area (Å²) < 4.78 is 28.9. The minimum absolute atomic E-state index is 0.297. The van der Waals surface area contributed by atoms with Gasteiger partial charge in [0.05, 0.1) is 5.60 Å². The molecule has 0 N–H and O–H groups in total. The van der Waals surface area contributed by atoms with Crippen LogP contribution in [-0.2, 0) is 22.8 Å². The average Bonchev–Trinajstić information content (AvgIpc) is 2.26. The van der Waals surface area contributed by atoms with Crippen molar-refractivity contribution in [2.24, 2.45) is 0 Å². The number of rotatable bonds is 10. The summed E-state index contributed by atoms with van der Waals surface area (Å²) in [5.41, 5.74) is -0.918. The molecule has 0 heterocycles. The van der Waals surface area contributed by atoms with E-state index in [4.69, 9.17) is 22.8 Å². The van der Waals surface area contributed by atoms with E-state index in [0.29, 0.717) is 19.8 Å². The van der Waals surface area contributed by atoms with Gasteiger partial charge in [-0.1, -0.05) is 0 Å². The molecule has 0 saturated heterocycles. The van der Waals surface area contributed by atoms with Gasteiger partial charge >= 0.3 is 9.53 Å². The Balaban J connectivity index is 4.77. The highest BCUT2D eigenvalue weighted by atomic mass is 28.3. The summed E-state index contributed by atoms with van der Waals surface area (Å²) in [6.45, 7) is 17.4. The highest BCUT2D eigenvalue weighted by molar-refractivity contribution is 6.36. The van der Waals surface area contributed by atoms with E-state index in [-0.39, 0.29) is 5.60 Å². The predicted octanol–water partition coefficient (Wildman–Crippen LogP) is 2.75. The smallest absolute Gasteiger partial charge is 0.376 e. The van der Waals surface area contributed by atoms with E-state index in [1.165, 1.54) is 0 Å². The lowest BCUT2D eigenvalue weighted by molar-refractivity contribution is -0.224. The van der Waals surface area contributed by atoms with Gasteiger partial charge in [0.15, 0.2) is 6.29 Å². The lowest BCUT2D eigenvalue weighted by atomic mass is 10.1. The molecule has 0 fully saturated rings. The fourth-order valence-electron chi connectivity index (χ4n) is 1.57. The Labute approximate surface area is 125 Å². The Morgan fingerprint density at radius 3 is 1.65 bits per heavy atom. The number of ether oxygens (including phenoxy) is 2. The van der Waals surface area contributed by atoms with Crippen molar-refractivity contribution in [3.63, 3.8) is 0 Å². The summed E-state index contributed by atoms with van der Waals surface area (Å²) in [4.78, 5) is 0. The second-order valence-electron chi connectivity index (χ2n) is 5.94. The van der Waals surface area contributed by atoms with Gasteiger partial charge in [0.1, 0.15) is 5.60 Å². The molecule has 0 saturated carbocycles. The molecule has 0 bridgehead atoms. The summed E-state index contributed by atoms with van der Waals surface area (Å²) in [5.74, 6) is 0. The van der Waals surface area contributed by atoms with Crippen LogP contribution in [0.25, 0.3) is 0 Å². The van der Waals surface area contributed by atoms with Crippen molar-refractivity contribution in [3.05, 3.63) is 0 Å². The van der Waals surface area contributed by atoms with Crippen LogP contribution in [0.4, 0.5) is 0 Å². The van der Waals surface area contributed by atoms with Crippen molar-refractivity contribution in [2.75, 3.05) is 19.8 Å². The van der Waals surface area contributed by atoms with Crippen LogP contribution in [0.15, 0.2) is 0 Å². The average molecular weight is 308 g/mol. The minimum Gasteiger partial charge on any atom is -0.376 e. The van der Waals surface area contributed by atoms with Crippen LogP contribution in [-0.4, -0.2) is 46.8 Å². The van der Waals surface area contributed by atoms with Gasteiger partial charge in [0.25, 0.3) is 0 Å². The molecule has 1 atom stereocenters. The van der Waals surface area contributed by atoms with Crippen molar-refractivity contribution >= 4 is 9.53 Å². The molecule has 20 heavy (non-hydrogen) atoms. The molecule has 0 aliphatic carbocycles. The van der Waals surface area contributed by atoms with Crippen molar-refractivity contribution < 1.29 is 22.8 Å². The van der Waals surface area contributed by atoms with E-state index in [0.717, 1.165) is 0 Å². The first-order chi connectivity index (χ1) is 9.16. The van der Waals surface area contributed by atoms with E-state index in [9.17, 15) is 0 Å². The fourth-order valence-corrected chi connectivity index (χ4v) is 3.21. The Bertz CT molecular complexity index is 246. The predicted molar refractivity (Wildman–Crippen MR) is 81.8 cm³/mol. The summed E-state index contributed by atoms with van der Waals surface area (Å²) in [5, 5.41) is 0. The topological polar surface area (TPSA) is 46.2 Å². The highest BCUT2D eigenvalue weighted by Crippen LogP contribution is 2.23. The maximum absolute atomic E-state index is 6.07. The molecule has 0 aliphatic rings. The summed E-state index contributed by atoms with van der Waals surface area (Å²) in [6.07, 6.45) is -0.434. The van der Waals surface area contributed by atoms with Gasteiger partial charge in [-0.05, 0) is 55.4 Å².